The molecule has 0 aromatic heterocycles. The molecule has 112 valence electrons. The van der Waals surface area contributed by atoms with Gasteiger partial charge in [-0.05, 0) is 38.0 Å². The Bertz CT molecular complexity index is 577. The number of aliphatic hydroxyl groups is 1. The third-order valence-electron chi connectivity index (χ3n) is 3.51. The largest absolute Gasteiger partial charge is 0.395 e. The predicted molar refractivity (Wildman–Crippen MR) is 81.1 cm³/mol. The van der Waals surface area contributed by atoms with Crippen molar-refractivity contribution in [3.8, 4) is 11.8 Å². The summed E-state index contributed by atoms with van der Waals surface area (Å²) < 4.78 is 5.36. The lowest BCUT2D eigenvalue weighted by molar-refractivity contribution is 0.0889. The van der Waals surface area contributed by atoms with E-state index >= 15 is 0 Å². The smallest absolute Gasteiger partial charge is 0.253 e. The second kappa shape index (κ2) is 6.75. The average Bonchev–Trinajstić information content (AvgIpc) is 2.85. The van der Waals surface area contributed by atoms with Crippen molar-refractivity contribution < 1.29 is 14.6 Å². The van der Waals surface area contributed by atoms with Crippen molar-refractivity contribution in [3.05, 3.63) is 34.9 Å². The van der Waals surface area contributed by atoms with Crippen molar-refractivity contribution >= 4 is 5.91 Å². The molecule has 1 aliphatic heterocycles. The Morgan fingerprint density at radius 2 is 2.33 bits per heavy atom. The van der Waals surface area contributed by atoms with E-state index in [1.807, 2.05) is 26.0 Å². The maximum Gasteiger partial charge on any atom is 0.253 e. The van der Waals surface area contributed by atoms with Crippen LogP contribution in [0, 0.1) is 18.8 Å². The Balaban J connectivity index is 2.22. The number of ether oxygens (including phenoxy) is 1. The molecule has 1 saturated heterocycles. The van der Waals surface area contributed by atoms with Gasteiger partial charge in [0, 0.05) is 18.6 Å². The van der Waals surface area contributed by atoms with Gasteiger partial charge in [-0.15, -0.1) is 0 Å². The summed E-state index contributed by atoms with van der Waals surface area (Å²) in [5.74, 6) is 5.72. The Hall–Kier alpha value is -1.83. The van der Waals surface area contributed by atoms with Crippen LogP contribution >= 0.6 is 0 Å². The van der Waals surface area contributed by atoms with Crippen LogP contribution < -0.4 is 5.32 Å². The monoisotopic (exact) mass is 287 g/mol. The van der Waals surface area contributed by atoms with Gasteiger partial charge in [-0.1, -0.05) is 17.9 Å². The van der Waals surface area contributed by atoms with Gasteiger partial charge in [0.25, 0.3) is 5.91 Å². The fraction of sp³-hybridized carbons (Fsp3) is 0.471. The fourth-order valence-electron chi connectivity index (χ4n) is 2.28. The number of benzene rings is 1. The molecule has 4 nitrogen and oxygen atoms in total. The van der Waals surface area contributed by atoms with Crippen molar-refractivity contribution in [3.63, 3.8) is 0 Å². The van der Waals surface area contributed by atoms with Crippen LogP contribution in [0.5, 0.6) is 0 Å². The Labute approximate surface area is 125 Å². The van der Waals surface area contributed by atoms with Crippen LogP contribution in [0.2, 0.25) is 0 Å². The second-order valence-corrected chi connectivity index (χ2v) is 5.64. The first kappa shape index (κ1) is 15.6. The molecule has 4 heteroatoms. The minimum Gasteiger partial charge on any atom is -0.395 e. The van der Waals surface area contributed by atoms with Crippen LogP contribution in [0.4, 0.5) is 0 Å². The summed E-state index contributed by atoms with van der Waals surface area (Å²) in [6.07, 6.45) is 1.22. The van der Waals surface area contributed by atoms with Crippen LogP contribution in [0.15, 0.2) is 18.2 Å². The van der Waals surface area contributed by atoms with Gasteiger partial charge in [-0.25, -0.2) is 0 Å². The SMILES string of the molecule is Cc1ccc(C(=O)NC2(C)CCOC2)c(C#CCCO)c1. The number of rotatable bonds is 3. The van der Waals surface area contributed by atoms with Crippen LogP contribution in [0.1, 0.15) is 41.3 Å². The number of aryl methyl sites for hydroxylation is 1. The van der Waals surface area contributed by atoms with E-state index in [0.717, 1.165) is 12.0 Å². The van der Waals surface area contributed by atoms with E-state index in [2.05, 4.69) is 17.2 Å². The molecule has 1 fully saturated rings. The highest BCUT2D eigenvalue weighted by Crippen LogP contribution is 2.19. The zero-order chi connectivity index (χ0) is 15.3. The van der Waals surface area contributed by atoms with Gasteiger partial charge in [0.05, 0.1) is 24.3 Å². The molecule has 0 saturated carbocycles. The first-order valence-corrected chi connectivity index (χ1v) is 7.15. The van der Waals surface area contributed by atoms with E-state index in [1.165, 1.54) is 0 Å². The zero-order valence-corrected chi connectivity index (χ0v) is 12.5. The molecule has 0 aliphatic carbocycles. The average molecular weight is 287 g/mol. The number of amides is 1. The molecule has 0 bridgehead atoms. The number of carbonyl (C=O) groups excluding carboxylic acids is 1. The summed E-state index contributed by atoms with van der Waals surface area (Å²) in [7, 11) is 0. The van der Waals surface area contributed by atoms with E-state index < -0.39 is 0 Å². The Morgan fingerprint density at radius 3 is 3.00 bits per heavy atom. The van der Waals surface area contributed by atoms with Crippen molar-refractivity contribution in [2.24, 2.45) is 0 Å². The quantitative estimate of drug-likeness (QED) is 0.831. The minimum absolute atomic E-state index is 0.0236. The van der Waals surface area contributed by atoms with Gasteiger partial charge in [-0.2, -0.15) is 0 Å². The summed E-state index contributed by atoms with van der Waals surface area (Å²) >= 11 is 0. The molecule has 1 atom stereocenters. The number of aliphatic hydroxyl groups excluding tert-OH is 1. The van der Waals surface area contributed by atoms with E-state index in [9.17, 15) is 4.79 Å². The summed E-state index contributed by atoms with van der Waals surface area (Å²) in [4.78, 5) is 12.5. The number of carbonyl (C=O) groups is 1. The normalized spacial score (nSPS) is 20.7. The molecule has 21 heavy (non-hydrogen) atoms. The summed E-state index contributed by atoms with van der Waals surface area (Å²) in [5, 5.41) is 11.8. The Morgan fingerprint density at radius 1 is 1.52 bits per heavy atom. The second-order valence-electron chi connectivity index (χ2n) is 5.64. The third-order valence-corrected chi connectivity index (χ3v) is 3.51. The lowest BCUT2D eigenvalue weighted by Crippen LogP contribution is -2.46. The molecule has 1 amide bonds. The fourth-order valence-corrected chi connectivity index (χ4v) is 2.28. The molecule has 2 N–H and O–H groups in total. The highest BCUT2D eigenvalue weighted by Gasteiger charge is 2.31. The van der Waals surface area contributed by atoms with Crippen LogP contribution in [0.3, 0.4) is 0 Å². The number of hydrogen-bond acceptors (Lipinski definition) is 3. The van der Waals surface area contributed by atoms with Crippen molar-refractivity contribution in [1.29, 1.82) is 0 Å². The van der Waals surface area contributed by atoms with Gasteiger partial charge < -0.3 is 15.2 Å². The maximum absolute atomic E-state index is 12.5. The molecular formula is C17H21NO3. The van der Waals surface area contributed by atoms with Crippen LogP contribution in [0.25, 0.3) is 0 Å². The molecule has 0 radical (unpaired) electrons. The molecule has 1 aromatic rings. The van der Waals surface area contributed by atoms with Crippen molar-refractivity contribution in [2.75, 3.05) is 19.8 Å². The van der Waals surface area contributed by atoms with Crippen LogP contribution in [-0.4, -0.2) is 36.4 Å². The van der Waals surface area contributed by atoms with Gasteiger partial charge in [0.1, 0.15) is 0 Å². The third kappa shape index (κ3) is 4.07. The van der Waals surface area contributed by atoms with Crippen molar-refractivity contribution in [2.45, 2.75) is 32.2 Å². The van der Waals surface area contributed by atoms with E-state index in [1.54, 1.807) is 6.07 Å². The van der Waals surface area contributed by atoms with Gasteiger partial charge in [0.15, 0.2) is 0 Å². The van der Waals surface area contributed by atoms with Gasteiger partial charge in [0.2, 0.25) is 0 Å². The molecular weight excluding hydrogens is 266 g/mol. The molecule has 2 rings (SSSR count). The summed E-state index contributed by atoms with van der Waals surface area (Å²) in [6.45, 7) is 5.19. The van der Waals surface area contributed by atoms with E-state index in [0.29, 0.717) is 30.8 Å². The Kier molecular flexibility index (Phi) is 5.00. The topological polar surface area (TPSA) is 58.6 Å². The highest BCUT2D eigenvalue weighted by molar-refractivity contribution is 5.97. The molecule has 1 aliphatic rings. The van der Waals surface area contributed by atoms with Gasteiger partial charge >= 0.3 is 0 Å². The zero-order valence-electron chi connectivity index (χ0n) is 12.5. The number of nitrogens with one attached hydrogen (secondary N) is 1. The standard InChI is InChI=1S/C17H21NO3/c1-13-6-7-15(14(11-13)5-3-4-9-19)16(20)18-17(2)8-10-21-12-17/h6-7,11,19H,4,8-10,12H2,1-2H3,(H,18,20). The predicted octanol–water partition coefficient (Wildman–Crippen LogP) is 1.64. The van der Waals surface area contributed by atoms with E-state index in [-0.39, 0.29) is 18.1 Å². The highest BCUT2D eigenvalue weighted by atomic mass is 16.5. The summed E-state index contributed by atoms with van der Waals surface area (Å²) in [6, 6.07) is 5.60. The molecule has 0 spiro atoms. The maximum atomic E-state index is 12.5. The van der Waals surface area contributed by atoms with E-state index in [4.69, 9.17) is 9.84 Å². The summed E-state index contributed by atoms with van der Waals surface area (Å²) in [5.41, 5.74) is 2.01. The lowest BCUT2D eigenvalue weighted by atomic mass is 9.99. The first-order valence-electron chi connectivity index (χ1n) is 7.15. The molecule has 1 heterocycles. The van der Waals surface area contributed by atoms with Gasteiger partial charge in [-0.3, -0.25) is 4.79 Å². The lowest BCUT2D eigenvalue weighted by Gasteiger charge is -2.23. The van der Waals surface area contributed by atoms with Crippen LogP contribution in [-0.2, 0) is 4.74 Å². The molecule has 1 unspecified atom stereocenters. The minimum atomic E-state index is -0.308. The first-order chi connectivity index (χ1) is 10.0. The number of hydrogen-bond donors (Lipinski definition) is 2. The van der Waals surface area contributed by atoms with Crippen molar-refractivity contribution in [1.82, 2.24) is 5.32 Å². The molecule has 1 aromatic carbocycles.